The summed E-state index contributed by atoms with van der Waals surface area (Å²) in [5, 5.41) is 13.7. The maximum Gasteiger partial charge on any atom is 0.406 e. The van der Waals surface area contributed by atoms with Gasteiger partial charge in [0.1, 0.15) is 5.69 Å². The molecule has 0 saturated heterocycles. The molecule has 0 fully saturated rings. The van der Waals surface area contributed by atoms with E-state index in [1.54, 1.807) is 13.0 Å². The number of hydrogen-bond acceptors (Lipinski definition) is 5. The summed E-state index contributed by atoms with van der Waals surface area (Å²) in [6, 6.07) is 6.71. The standard InChI is InChI=1S/C15H13Br2N3O4/c1-8-5-10(16)14(11(17)6-8)19-13(21)7-24-12-4-3-9(2)18-15(12)20(22)23/h3-6H,7H2,1-2H3,(H,19,21). The Kier molecular flexibility index (Phi) is 5.89. The predicted octanol–water partition coefficient (Wildman–Crippen LogP) is 4.15. The van der Waals surface area contributed by atoms with E-state index in [4.69, 9.17) is 4.74 Å². The first kappa shape index (κ1) is 18.3. The van der Waals surface area contributed by atoms with Crippen molar-refractivity contribution < 1.29 is 14.5 Å². The minimum Gasteiger partial charge on any atom is -0.476 e. The lowest BCUT2D eigenvalue weighted by Crippen LogP contribution is -2.21. The van der Waals surface area contributed by atoms with Gasteiger partial charge in [0.15, 0.2) is 6.61 Å². The average molecular weight is 459 g/mol. The zero-order chi connectivity index (χ0) is 17.9. The van der Waals surface area contributed by atoms with Gasteiger partial charge in [-0.3, -0.25) is 4.79 Å². The first-order valence-corrected chi connectivity index (χ1v) is 8.37. The maximum absolute atomic E-state index is 12.1. The van der Waals surface area contributed by atoms with Gasteiger partial charge in [-0.2, -0.15) is 0 Å². The lowest BCUT2D eigenvalue weighted by Gasteiger charge is -2.11. The van der Waals surface area contributed by atoms with E-state index in [9.17, 15) is 14.9 Å². The summed E-state index contributed by atoms with van der Waals surface area (Å²) in [5.74, 6) is -0.918. The molecule has 0 unspecified atom stereocenters. The second-order valence-electron chi connectivity index (χ2n) is 4.97. The fraction of sp³-hybridized carbons (Fsp3) is 0.200. The van der Waals surface area contributed by atoms with E-state index >= 15 is 0 Å². The topological polar surface area (TPSA) is 94.4 Å². The SMILES string of the molecule is Cc1cc(Br)c(NC(=O)COc2ccc(C)nc2[N+](=O)[O-])c(Br)c1. The van der Waals surface area contributed by atoms with Crippen LogP contribution in [0, 0.1) is 24.0 Å². The molecule has 1 aromatic heterocycles. The van der Waals surface area contributed by atoms with Gasteiger partial charge >= 0.3 is 5.82 Å². The molecule has 0 spiro atoms. The number of carbonyl (C=O) groups is 1. The molecule has 1 N–H and O–H groups in total. The van der Waals surface area contributed by atoms with Gasteiger partial charge in [-0.25, -0.2) is 0 Å². The van der Waals surface area contributed by atoms with Crippen LogP contribution in [0.5, 0.6) is 5.75 Å². The van der Waals surface area contributed by atoms with Crippen LogP contribution in [0.15, 0.2) is 33.2 Å². The van der Waals surface area contributed by atoms with Crippen molar-refractivity contribution in [2.24, 2.45) is 0 Å². The second-order valence-corrected chi connectivity index (χ2v) is 6.68. The van der Waals surface area contributed by atoms with E-state index in [1.165, 1.54) is 6.07 Å². The zero-order valence-corrected chi connectivity index (χ0v) is 16.0. The second kappa shape index (κ2) is 7.71. The largest absolute Gasteiger partial charge is 0.476 e. The van der Waals surface area contributed by atoms with Crippen molar-refractivity contribution in [3.05, 3.63) is 54.6 Å². The highest BCUT2D eigenvalue weighted by Crippen LogP contribution is 2.32. The monoisotopic (exact) mass is 457 g/mol. The zero-order valence-electron chi connectivity index (χ0n) is 12.8. The van der Waals surface area contributed by atoms with Crippen LogP contribution in [-0.4, -0.2) is 22.4 Å². The molecule has 126 valence electrons. The van der Waals surface area contributed by atoms with Crippen LogP contribution in [0.25, 0.3) is 0 Å². The van der Waals surface area contributed by atoms with E-state index < -0.39 is 16.6 Å². The van der Waals surface area contributed by atoms with Crippen molar-refractivity contribution in [1.82, 2.24) is 4.98 Å². The van der Waals surface area contributed by atoms with Crippen LogP contribution in [0.2, 0.25) is 0 Å². The summed E-state index contributed by atoms with van der Waals surface area (Å²) in [6.45, 7) is 3.18. The van der Waals surface area contributed by atoms with Crippen molar-refractivity contribution >= 4 is 49.3 Å². The normalized spacial score (nSPS) is 10.3. The summed E-state index contributed by atoms with van der Waals surface area (Å²) < 4.78 is 6.67. The molecule has 0 aliphatic rings. The van der Waals surface area contributed by atoms with Gasteiger partial charge in [-0.1, -0.05) is 0 Å². The van der Waals surface area contributed by atoms with E-state index in [1.807, 2.05) is 19.1 Å². The Bertz CT molecular complexity index is 788. The van der Waals surface area contributed by atoms with Gasteiger partial charge in [0.2, 0.25) is 5.75 Å². The number of pyridine rings is 1. The van der Waals surface area contributed by atoms with Crippen LogP contribution in [0.3, 0.4) is 0 Å². The molecule has 2 aromatic rings. The predicted molar refractivity (Wildman–Crippen MR) is 96.3 cm³/mol. The first-order valence-electron chi connectivity index (χ1n) is 6.78. The molecule has 0 saturated carbocycles. The number of aryl methyl sites for hydroxylation is 2. The van der Waals surface area contributed by atoms with Crippen molar-refractivity contribution in [2.45, 2.75) is 13.8 Å². The average Bonchev–Trinajstić information content (AvgIpc) is 2.49. The van der Waals surface area contributed by atoms with Crippen LogP contribution < -0.4 is 10.1 Å². The fourth-order valence-corrected chi connectivity index (χ4v) is 3.53. The van der Waals surface area contributed by atoms with Crippen LogP contribution in [0.1, 0.15) is 11.3 Å². The fourth-order valence-electron chi connectivity index (χ4n) is 1.91. The van der Waals surface area contributed by atoms with Gasteiger partial charge < -0.3 is 20.2 Å². The number of benzene rings is 1. The van der Waals surface area contributed by atoms with E-state index in [0.29, 0.717) is 20.3 Å². The lowest BCUT2D eigenvalue weighted by molar-refractivity contribution is -0.390. The van der Waals surface area contributed by atoms with E-state index in [0.717, 1.165) is 5.56 Å². The summed E-state index contributed by atoms with van der Waals surface area (Å²) in [5.41, 5.74) is 2.07. The quantitative estimate of drug-likeness (QED) is 0.536. The number of carbonyl (C=O) groups excluding carboxylic acids is 1. The summed E-state index contributed by atoms with van der Waals surface area (Å²) in [7, 11) is 0. The number of ether oxygens (including phenoxy) is 1. The van der Waals surface area contributed by atoms with Crippen LogP contribution in [0.4, 0.5) is 11.5 Å². The summed E-state index contributed by atoms with van der Waals surface area (Å²) in [4.78, 5) is 26.2. The highest BCUT2D eigenvalue weighted by atomic mass is 79.9. The molecule has 1 aromatic carbocycles. The van der Waals surface area contributed by atoms with Crippen molar-refractivity contribution in [3.8, 4) is 5.75 Å². The van der Waals surface area contributed by atoms with E-state index in [-0.39, 0.29) is 12.4 Å². The van der Waals surface area contributed by atoms with Crippen LogP contribution in [-0.2, 0) is 4.79 Å². The van der Waals surface area contributed by atoms with Gasteiger partial charge in [-0.15, -0.1) is 0 Å². The first-order chi connectivity index (χ1) is 11.3. The van der Waals surface area contributed by atoms with Gasteiger partial charge in [0.05, 0.1) is 5.69 Å². The number of nitrogens with zero attached hydrogens (tertiary/aromatic N) is 2. The summed E-state index contributed by atoms with van der Waals surface area (Å²) in [6.07, 6.45) is 0. The number of anilines is 1. The molecular formula is C15H13Br2N3O4. The third-order valence-electron chi connectivity index (χ3n) is 2.96. The molecule has 1 heterocycles. The Labute approximate surface area is 154 Å². The molecule has 0 aliphatic carbocycles. The Morgan fingerprint density at radius 1 is 1.29 bits per heavy atom. The number of halogens is 2. The minimum atomic E-state index is -0.645. The molecule has 0 atom stereocenters. The summed E-state index contributed by atoms with van der Waals surface area (Å²) >= 11 is 6.75. The Morgan fingerprint density at radius 3 is 2.50 bits per heavy atom. The number of amides is 1. The Hall–Kier alpha value is -2.00. The smallest absolute Gasteiger partial charge is 0.406 e. The van der Waals surface area contributed by atoms with Gasteiger partial charge in [0.25, 0.3) is 5.91 Å². The number of nitro groups is 1. The van der Waals surface area contributed by atoms with Gasteiger partial charge in [0, 0.05) is 15.9 Å². The highest BCUT2D eigenvalue weighted by Gasteiger charge is 2.19. The molecule has 9 heteroatoms. The Morgan fingerprint density at radius 2 is 1.92 bits per heavy atom. The van der Waals surface area contributed by atoms with Crippen LogP contribution >= 0.6 is 31.9 Å². The van der Waals surface area contributed by atoms with Crippen molar-refractivity contribution in [3.63, 3.8) is 0 Å². The molecule has 2 rings (SSSR count). The van der Waals surface area contributed by atoms with Crippen molar-refractivity contribution in [2.75, 3.05) is 11.9 Å². The van der Waals surface area contributed by atoms with Crippen molar-refractivity contribution in [1.29, 1.82) is 0 Å². The molecule has 0 radical (unpaired) electrons. The number of rotatable bonds is 5. The molecule has 0 aliphatic heterocycles. The lowest BCUT2D eigenvalue weighted by atomic mass is 10.2. The Balaban J connectivity index is 2.09. The molecule has 1 amide bonds. The minimum absolute atomic E-state index is 0.0530. The van der Waals surface area contributed by atoms with Gasteiger partial charge in [-0.05, 0) is 78.5 Å². The molecule has 0 bridgehead atoms. The third kappa shape index (κ3) is 4.51. The highest BCUT2D eigenvalue weighted by molar-refractivity contribution is 9.11. The molecular weight excluding hydrogens is 446 g/mol. The molecule has 7 nitrogen and oxygen atoms in total. The maximum atomic E-state index is 12.1. The van der Waals surface area contributed by atoms with E-state index in [2.05, 4.69) is 42.2 Å². The number of nitrogens with one attached hydrogen (secondary N) is 1. The number of hydrogen-bond donors (Lipinski definition) is 1. The number of aromatic nitrogens is 1. The molecule has 24 heavy (non-hydrogen) atoms. The third-order valence-corrected chi connectivity index (χ3v) is 4.21.